The molecule has 0 radical (unpaired) electrons. The fourth-order valence-electron chi connectivity index (χ4n) is 1.41. The maximum absolute atomic E-state index is 12.1. The Balaban J connectivity index is 2.37. The van der Waals surface area contributed by atoms with E-state index in [2.05, 4.69) is 14.4 Å². The van der Waals surface area contributed by atoms with Gasteiger partial charge >= 0.3 is 5.97 Å². The van der Waals surface area contributed by atoms with Crippen molar-refractivity contribution in [3.05, 3.63) is 39.4 Å². The maximum atomic E-state index is 12.1. The molecule has 21 heavy (non-hydrogen) atoms. The average molecular weight is 367 g/mol. The lowest BCUT2D eigenvalue weighted by molar-refractivity contribution is 0.0601. The number of nitrogens with zero attached hydrogens (tertiary/aromatic N) is 1. The van der Waals surface area contributed by atoms with Gasteiger partial charge in [0.2, 0.25) is 0 Å². The summed E-state index contributed by atoms with van der Waals surface area (Å²) in [4.78, 5) is 15.1. The highest BCUT2D eigenvalue weighted by atomic mass is 35.5. The predicted octanol–water partition coefficient (Wildman–Crippen LogP) is 3.04. The second-order valence-corrected chi connectivity index (χ2v) is 7.65. The molecule has 112 valence electrons. The fourth-order valence-corrected chi connectivity index (χ4v) is 3.99. The molecule has 0 amide bonds. The monoisotopic (exact) mass is 366 g/mol. The van der Waals surface area contributed by atoms with Crippen molar-refractivity contribution in [2.24, 2.45) is 0 Å². The first-order valence-corrected chi connectivity index (χ1v) is 8.41. The van der Waals surface area contributed by atoms with Gasteiger partial charge in [0.15, 0.2) is 8.68 Å². The first-order chi connectivity index (χ1) is 9.83. The van der Waals surface area contributed by atoms with Crippen molar-refractivity contribution in [3.63, 3.8) is 0 Å². The van der Waals surface area contributed by atoms with E-state index in [-0.39, 0.29) is 24.9 Å². The van der Waals surface area contributed by atoms with Crippen LogP contribution in [0.2, 0.25) is 9.49 Å². The highest BCUT2D eigenvalue weighted by Crippen LogP contribution is 2.29. The molecule has 1 heterocycles. The van der Waals surface area contributed by atoms with Gasteiger partial charge in [-0.05, 0) is 18.2 Å². The van der Waals surface area contributed by atoms with Crippen LogP contribution in [-0.2, 0) is 14.8 Å². The lowest BCUT2D eigenvalue weighted by atomic mass is 10.2. The molecule has 0 aliphatic rings. The van der Waals surface area contributed by atoms with E-state index in [1.54, 1.807) is 0 Å². The molecule has 0 saturated carbocycles. The average Bonchev–Trinajstić information content (AvgIpc) is 2.87. The number of anilines is 1. The second kappa shape index (κ2) is 6.18. The molecule has 0 atom stereocenters. The summed E-state index contributed by atoms with van der Waals surface area (Å²) in [7, 11) is -2.66. The van der Waals surface area contributed by atoms with Crippen LogP contribution in [0.4, 0.5) is 5.69 Å². The summed E-state index contributed by atoms with van der Waals surface area (Å²) in [5.41, 5.74) is 0.228. The number of hydrogen-bond acceptors (Lipinski definition) is 6. The Hall–Kier alpha value is -1.35. The van der Waals surface area contributed by atoms with Gasteiger partial charge < -0.3 is 4.74 Å². The quantitative estimate of drug-likeness (QED) is 0.840. The number of hydrogen-bond donors (Lipinski definition) is 1. The topological polar surface area (TPSA) is 85.4 Å². The summed E-state index contributed by atoms with van der Waals surface area (Å²) < 4.78 is 31.2. The Morgan fingerprint density at radius 2 is 2.10 bits per heavy atom. The molecule has 0 aliphatic heterocycles. The van der Waals surface area contributed by atoms with E-state index in [1.165, 1.54) is 25.3 Å². The summed E-state index contributed by atoms with van der Waals surface area (Å²) in [6.45, 7) is 0. The molecule has 0 fully saturated rings. The molecule has 0 unspecified atom stereocenters. The number of sulfonamides is 1. The summed E-state index contributed by atoms with van der Waals surface area (Å²) in [5.74, 6) is -0.604. The van der Waals surface area contributed by atoms with Gasteiger partial charge in [-0.2, -0.15) is 0 Å². The zero-order valence-corrected chi connectivity index (χ0v) is 13.6. The molecule has 1 N–H and O–H groups in total. The summed E-state index contributed by atoms with van der Waals surface area (Å²) in [6.07, 6.45) is 1.13. The Kier molecular flexibility index (Phi) is 4.72. The molecule has 0 saturated heterocycles. The normalized spacial score (nSPS) is 11.2. The van der Waals surface area contributed by atoms with Crippen molar-refractivity contribution < 1.29 is 17.9 Å². The summed E-state index contributed by atoms with van der Waals surface area (Å²) in [6, 6.07) is 4.11. The summed E-state index contributed by atoms with van der Waals surface area (Å²) in [5, 5.41) is 0.141. The van der Waals surface area contributed by atoms with Crippen LogP contribution in [0.15, 0.2) is 28.6 Å². The minimum absolute atomic E-state index is 0.0593. The molecule has 0 bridgehead atoms. The fraction of sp³-hybridized carbons (Fsp3) is 0.0909. The van der Waals surface area contributed by atoms with Crippen molar-refractivity contribution >= 4 is 56.2 Å². The highest BCUT2D eigenvalue weighted by Gasteiger charge is 2.20. The van der Waals surface area contributed by atoms with Gasteiger partial charge in [-0.15, -0.1) is 0 Å². The molecule has 10 heteroatoms. The Labute approximate surface area is 134 Å². The van der Waals surface area contributed by atoms with Crippen LogP contribution in [0.1, 0.15) is 10.4 Å². The van der Waals surface area contributed by atoms with Crippen molar-refractivity contribution in [3.8, 4) is 0 Å². The number of rotatable bonds is 4. The Morgan fingerprint density at radius 3 is 2.67 bits per heavy atom. The van der Waals surface area contributed by atoms with Crippen LogP contribution < -0.4 is 4.72 Å². The number of benzene rings is 1. The van der Waals surface area contributed by atoms with Gasteiger partial charge in [-0.3, -0.25) is 4.72 Å². The predicted molar refractivity (Wildman–Crippen MR) is 80.7 cm³/mol. The lowest BCUT2D eigenvalue weighted by Crippen LogP contribution is -2.12. The molecule has 6 nitrogen and oxygen atoms in total. The molecule has 1 aromatic heterocycles. The van der Waals surface area contributed by atoms with Gasteiger partial charge in [-0.1, -0.05) is 34.5 Å². The molecular formula is C11H8Cl2N2O4S2. The van der Waals surface area contributed by atoms with E-state index in [0.717, 1.165) is 17.5 Å². The van der Waals surface area contributed by atoms with Gasteiger partial charge in [0.05, 0.1) is 29.6 Å². The third-order valence-electron chi connectivity index (χ3n) is 2.35. The van der Waals surface area contributed by atoms with Crippen LogP contribution in [-0.4, -0.2) is 26.5 Å². The molecule has 2 aromatic rings. The first kappa shape index (κ1) is 16.0. The van der Waals surface area contributed by atoms with Crippen LogP contribution >= 0.6 is 34.5 Å². The van der Waals surface area contributed by atoms with Crippen LogP contribution in [0.5, 0.6) is 0 Å². The number of carbonyl (C=O) groups is 1. The largest absolute Gasteiger partial charge is 0.465 e. The van der Waals surface area contributed by atoms with Gasteiger partial charge in [0.25, 0.3) is 10.0 Å². The van der Waals surface area contributed by atoms with Crippen molar-refractivity contribution in [1.82, 2.24) is 4.98 Å². The molecule has 2 rings (SSSR count). The number of aromatic nitrogens is 1. The van der Waals surface area contributed by atoms with E-state index >= 15 is 0 Å². The minimum Gasteiger partial charge on any atom is -0.465 e. The Morgan fingerprint density at radius 1 is 1.38 bits per heavy atom. The zero-order valence-electron chi connectivity index (χ0n) is 10.5. The van der Waals surface area contributed by atoms with E-state index in [0.29, 0.717) is 0 Å². The number of methoxy groups -OCH3 is 1. The zero-order chi connectivity index (χ0) is 15.6. The highest BCUT2D eigenvalue weighted by molar-refractivity contribution is 7.94. The Bertz CT molecular complexity index is 789. The number of carbonyl (C=O) groups excluding carboxylic acids is 1. The number of esters is 1. The van der Waals surface area contributed by atoms with Crippen molar-refractivity contribution in [2.75, 3.05) is 11.8 Å². The van der Waals surface area contributed by atoms with Crippen molar-refractivity contribution in [2.45, 2.75) is 4.21 Å². The lowest BCUT2D eigenvalue weighted by Gasteiger charge is -2.09. The van der Waals surface area contributed by atoms with Gasteiger partial charge in [0, 0.05) is 0 Å². The molecular weight excluding hydrogens is 359 g/mol. The maximum Gasteiger partial charge on any atom is 0.337 e. The molecule has 1 aromatic carbocycles. The standard InChI is InChI=1S/C11H8Cl2N2O4S2/c1-19-10(16)6-2-3-7(12)8(4-6)15-21(17,18)9-5-14-11(13)20-9/h2-5,15H,1H3. The molecule has 0 spiro atoms. The second-order valence-electron chi connectivity index (χ2n) is 3.72. The van der Waals surface area contributed by atoms with Gasteiger partial charge in [-0.25, -0.2) is 18.2 Å². The number of thiazole rings is 1. The van der Waals surface area contributed by atoms with E-state index in [1.807, 2.05) is 0 Å². The van der Waals surface area contributed by atoms with Crippen LogP contribution in [0, 0.1) is 0 Å². The number of halogens is 2. The van der Waals surface area contributed by atoms with E-state index < -0.39 is 16.0 Å². The number of nitrogens with one attached hydrogen (secondary N) is 1. The summed E-state index contributed by atoms with van der Waals surface area (Å²) >= 11 is 12.3. The van der Waals surface area contributed by atoms with E-state index in [4.69, 9.17) is 23.2 Å². The third-order valence-corrected chi connectivity index (χ3v) is 5.62. The third kappa shape index (κ3) is 3.65. The number of ether oxygens (including phenoxy) is 1. The van der Waals surface area contributed by atoms with Crippen molar-refractivity contribution in [1.29, 1.82) is 0 Å². The van der Waals surface area contributed by atoms with Crippen LogP contribution in [0.25, 0.3) is 0 Å². The SMILES string of the molecule is COC(=O)c1ccc(Cl)c(NS(=O)(=O)c2cnc(Cl)s2)c1. The van der Waals surface area contributed by atoms with Gasteiger partial charge in [0.1, 0.15) is 0 Å². The van der Waals surface area contributed by atoms with E-state index in [9.17, 15) is 13.2 Å². The minimum atomic E-state index is -3.88. The first-order valence-electron chi connectivity index (χ1n) is 5.35. The smallest absolute Gasteiger partial charge is 0.337 e. The van der Waals surface area contributed by atoms with Crippen LogP contribution in [0.3, 0.4) is 0 Å². The molecule has 0 aliphatic carbocycles.